The van der Waals surface area contributed by atoms with Gasteiger partial charge in [-0.25, -0.2) is 0 Å². The van der Waals surface area contributed by atoms with Crippen LogP contribution in [0.25, 0.3) is 10.9 Å². The molecule has 0 fully saturated rings. The number of H-pyrrole nitrogens is 1. The van der Waals surface area contributed by atoms with E-state index < -0.39 is 28.5 Å². The summed E-state index contributed by atoms with van der Waals surface area (Å²) < 4.78 is 14.2. The van der Waals surface area contributed by atoms with Crippen molar-refractivity contribution in [2.75, 3.05) is 21.1 Å². The average Bonchev–Trinajstić information content (AvgIpc) is 3.18. The Hall–Kier alpha value is -3.59. The number of amides is 1. The highest BCUT2D eigenvalue weighted by molar-refractivity contribution is 5.93. The van der Waals surface area contributed by atoms with Crippen molar-refractivity contribution in [2.24, 2.45) is 0 Å². The first-order valence-electron chi connectivity index (χ1n) is 10.5. The van der Waals surface area contributed by atoms with Crippen LogP contribution in [0.4, 0.5) is 10.1 Å². The van der Waals surface area contributed by atoms with Crippen LogP contribution in [0.1, 0.15) is 16.7 Å². The van der Waals surface area contributed by atoms with Crippen LogP contribution in [0.15, 0.2) is 42.6 Å². The minimum atomic E-state index is -0.933. The van der Waals surface area contributed by atoms with E-state index in [1.54, 1.807) is 32.2 Å². The number of aromatic nitrogens is 1. The van der Waals surface area contributed by atoms with Gasteiger partial charge in [0.1, 0.15) is 6.29 Å². The summed E-state index contributed by atoms with van der Waals surface area (Å²) in [5.74, 6) is -1.24. The zero-order valence-electron chi connectivity index (χ0n) is 19.0. The largest absolute Gasteiger partial charge is 0.361 e. The van der Waals surface area contributed by atoms with E-state index in [4.69, 9.17) is 0 Å². The molecule has 0 aliphatic heterocycles. The standard InChI is InChI=1S/C24H27FN4O4/c1-15-7-5-6-8-16(15)11-18(14-30)28(4)24(31)21(27(2)3)12-17-13-26-20-10-9-19(25)23(22(17)20)29(32)33/h5-10,13-14,18,21,26H,11-12H2,1-4H3. The van der Waals surface area contributed by atoms with Gasteiger partial charge >= 0.3 is 5.69 Å². The molecule has 0 spiro atoms. The fourth-order valence-corrected chi connectivity index (χ4v) is 4.03. The molecule has 2 aromatic carbocycles. The number of nitrogens with one attached hydrogen (secondary N) is 1. The summed E-state index contributed by atoms with van der Waals surface area (Å²) >= 11 is 0. The van der Waals surface area contributed by atoms with Crippen LogP contribution >= 0.6 is 0 Å². The van der Waals surface area contributed by atoms with E-state index in [9.17, 15) is 24.1 Å². The lowest BCUT2D eigenvalue weighted by atomic mass is 9.99. The van der Waals surface area contributed by atoms with Crippen molar-refractivity contribution in [3.8, 4) is 0 Å². The first kappa shape index (κ1) is 24.1. The zero-order chi connectivity index (χ0) is 24.3. The maximum absolute atomic E-state index is 14.2. The molecule has 3 aromatic rings. The van der Waals surface area contributed by atoms with Gasteiger partial charge in [0, 0.05) is 13.2 Å². The van der Waals surface area contributed by atoms with E-state index in [0.717, 1.165) is 23.5 Å². The molecule has 0 bridgehead atoms. The van der Waals surface area contributed by atoms with Crippen LogP contribution in [0, 0.1) is 22.9 Å². The number of likely N-dealkylation sites (N-methyl/N-ethyl adjacent to an activating group) is 2. The van der Waals surface area contributed by atoms with E-state index in [0.29, 0.717) is 17.5 Å². The minimum absolute atomic E-state index is 0.108. The van der Waals surface area contributed by atoms with Gasteiger partial charge in [-0.1, -0.05) is 24.3 Å². The van der Waals surface area contributed by atoms with Gasteiger partial charge in [-0.15, -0.1) is 0 Å². The Bertz CT molecular complexity index is 1190. The molecule has 0 radical (unpaired) electrons. The number of rotatable bonds is 9. The van der Waals surface area contributed by atoms with Crippen LogP contribution in [0.5, 0.6) is 0 Å². The highest BCUT2D eigenvalue weighted by Crippen LogP contribution is 2.32. The highest BCUT2D eigenvalue weighted by atomic mass is 19.1. The van der Waals surface area contributed by atoms with Gasteiger partial charge in [0.25, 0.3) is 0 Å². The van der Waals surface area contributed by atoms with Crippen LogP contribution in [-0.2, 0) is 22.4 Å². The number of nitro groups is 1. The maximum Gasteiger partial charge on any atom is 0.314 e. The van der Waals surface area contributed by atoms with E-state index >= 15 is 0 Å². The van der Waals surface area contributed by atoms with Gasteiger partial charge in [-0.3, -0.25) is 19.8 Å². The number of carbonyl (C=O) groups excluding carboxylic acids is 2. The molecule has 1 heterocycles. The number of nitro benzene ring substituents is 1. The number of halogens is 1. The third kappa shape index (κ3) is 4.93. The summed E-state index contributed by atoms with van der Waals surface area (Å²) in [5, 5.41) is 11.7. The third-order valence-electron chi connectivity index (χ3n) is 6.05. The maximum atomic E-state index is 14.2. The van der Waals surface area contributed by atoms with Gasteiger partial charge in [-0.2, -0.15) is 4.39 Å². The Morgan fingerprint density at radius 3 is 2.45 bits per heavy atom. The molecule has 0 aliphatic rings. The van der Waals surface area contributed by atoms with E-state index in [-0.39, 0.29) is 17.7 Å². The monoisotopic (exact) mass is 454 g/mol. The van der Waals surface area contributed by atoms with Gasteiger partial charge in [-0.05, 0) is 62.7 Å². The molecular weight excluding hydrogens is 427 g/mol. The summed E-state index contributed by atoms with van der Waals surface area (Å²) in [6.07, 6.45) is 2.80. The average molecular weight is 455 g/mol. The first-order chi connectivity index (χ1) is 15.6. The molecule has 0 saturated heterocycles. The predicted molar refractivity (Wildman–Crippen MR) is 124 cm³/mol. The molecule has 8 nitrogen and oxygen atoms in total. The Morgan fingerprint density at radius 2 is 1.85 bits per heavy atom. The van der Waals surface area contributed by atoms with Crippen molar-refractivity contribution in [1.82, 2.24) is 14.8 Å². The number of benzene rings is 2. The Balaban J connectivity index is 1.91. The van der Waals surface area contributed by atoms with Crippen LogP contribution in [-0.4, -0.2) is 65.1 Å². The van der Waals surface area contributed by atoms with Crippen molar-refractivity contribution >= 4 is 28.8 Å². The van der Waals surface area contributed by atoms with Crippen LogP contribution < -0.4 is 0 Å². The first-order valence-corrected chi connectivity index (χ1v) is 10.5. The zero-order valence-corrected chi connectivity index (χ0v) is 19.0. The molecule has 1 N–H and O–H groups in total. The van der Waals surface area contributed by atoms with Crippen molar-refractivity contribution < 1.29 is 18.9 Å². The van der Waals surface area contributed by atoms with Crippen molar-refractivity contribution in [1.29, 1.82) is 0 Å². The molecule has 2 atom stereocenters. The van der Waals surface area contributed by atoms with Crippen molar-refractivity contribution in [2.45, 2.75) is 31.8 Å². The fraction of sp³-hybridized carbons (Fsp3) is 0.333. The molecular formula is C24H27FN4O4. The van der Waals surface area contributed by atoms with E-state index in [1.807, 2.05) is 31.2 Å². The molecule has 174 valence electrons. The van der Waals surface area contributed by atoms with Gasteiger partial charge in [0.2, 0.25) is 11.7 Å². The Kier molecular flexibility index (Phi) is 7.23. The molecule has 0 aliphatic carbocycles. The molecule has 1 amide bonds. The third-order valence-corrected chi connectivity index (χ3v) is 6.05. The smallest absolute Gasteiger partial charge is 0.314 e. The summed E-state index contributed by atoms with van der Waals surface area (Å²) in [5.41, 5.74) is 2.26. The minimum Gasteiger partial charge on any atom is -0.361 e. The molecule has 9 heteroatoms. The number of carbonyl (C=O) groups is 2. The normalized spacial score (nSPS) is 13.2. The topological polar surface area (TPSA) is 99.5 Å². The second-order valence-corrected chi connectivity index (χ2v) is 8.36. The number of aryl methyl sites for hydroxylation is 1. The summed E-state index contributed by atoms with van der Waals surface area (Å²) in [6.45, 7) is 1.95. The Labute approximate surface area is 191 Å². The second kappa shape index (κ2) is 9.91. The Morgan fingerprint density at radius 1 is 1.15 bits per heavy atom. The molecule has 1 aromatic heterocycles. The number of fused-ring (bicyclic) bond motifs is 1. The van der Waals surface area contributed by atoms with Gasteiger partial charge in [0.15, 0.2) is 0 Å². The summed E-state index contributed by atoms with van der Waals surface area (Å²) in [6, 6.07) is 8.77. The van der Waals surface area contributed by atoms with Crippen molar-refractivity contribution in [3.05, 3.63) is 75.2 Å². The molecule has 3 rings (SSSR count). The highest BCUT2D eigenvalue weighted by Gasteiger charge is 2.31. The summed E-state index contributed by atoms with van der Waals surface area (Å²) in [7, 11) is 5.02. The summed E-state index contributed by atoms with van der Waals surface area (Å²) in [4.78, 5) is 42.1. The van der Waals surface area contributed by atoms with Gasteiger partial charge in [0.05, 0.1) is 27.9 Å². The van der Waals surface area contributed by atoms with Crippen LogP contribution in [0.3, 0.4) is 0 Å². The van der Waals surface area contributed by atoms with Gasteiger partial charge < -0.3 is 14.7 Å². The van der Waals surface area contributed by atoms with Crippen LogP contribution in [0.2, 0.25) is 0 Å². The second-order valence-electron chi connectivity index (χ2n) is 8.36. The predicted octanol–water partition coefficient (Wildman–Crippen LogP) is 3.26. The number of nitrogens with zero attached hydrogens (tertiary/aromatic N) is 3. The number of hydrogen-bond acceptors (Lipinski definition) is 5. The SMILES string of the molecule is Cc1ccccc1CC(C=O)N(C)C(=O)C(Cc1c[nH]c2ccc(F)c([N+](=O)[O-])c12)N(C)C. The van der Waals surface area contributed by atoms with E-state index in [1.165, 1.54) is 11.0 Å². The number of aldehydes is 1. The molecule has 0 saturated carbocycles. The van der Waals surface area contributed by atoms with Crippen molar-refractivity contribution in [3.63, 3.8) is 0 Å². The number of aromatic amines is 1. The lowest BCUT2D eigenvalue weighted by Gasteiger charge is -2.31. The lowest BCUT2D eigenvalue weighted by Crippen LogP contribution is -2.50. The quantitative estimate of drug-likeness (QED) is 0.304. The fourth-order valence-electron chi connectivity index (χ4n) is 4.03. The lowest BCUT2D eigenvalue weighted by molar-refractivity contribution is -0.385. The molecule has 2 unspecified atom stereocenters. The number of hydrogen-bond donors (Lipinski definition) is 1. The molecule has 33 heavy (non-hydrogen) atoms. The van der Waals surface area contributed by atoms with E-state index in [2.05, 4.69) is 4.98 Å².